The van der Waals surface area contributed by atoms with Crippen LogP contribution in [0.4, 0.5) is 0 Å². The second kappa shape index (κ2) is 27.7. The molecule has 6 nitrogen and oxygen atoms in total. The molecule has 0 spiro atoms. The third kappa shape index (κ3) is 11.0. The quantitative estimate of drug-likeness (QED) is 0.141. The Morgan fingerprint density at radius 1 is 0.269 bits per heavy atom. The number of methoxy groups -OCH3 is 2. The third-order valence-corrected chi connectivity index (χ3v) is 25.9. The SMILES string of the molecule is CC1(C)c2ccccc2-c2ccc(-c3c(-c4csc5ccccc45)c4ccc5c6ccccc6oc5c4c4ccccc34)cc21.COc1ccc(-c2c(-c3ccc4ccccc4c3)c3ccccc3c3c2ccc2c4ccccc4oc23)cc1.COc1ccc(-c2c(-c3cccnc3)c3ccccc3c3c2ccc2c4ccccc4oc23)cc1. The van der Waals surface area contributed by atoms with Gasteiger partial charge >= 0.3 is 0 Å². The highest BCUT2D eigenvalue weighted by Gasteiger charge is 2.36. The Balaban J connectivity index is 0.000000105. The fourth-order valence-electron chi connectivity index (χ4n) is 19.5. The molecule has 0 radical (unpaired) electrons. The van der Waals surface area contributed by atoms with Crippen molar-refractivity contribution in [1.29, 1.82) is 0 Å². The molecule has 0 amide bonds. The lowest BCUT2D eigenvalue weighted by Gasteiger charge is -2.23. The van der Waals surface area contributed by atoms with Crippen LogP contribution in [0.3, 0.4) is 0 Å². The highest BCUT2D eigenvalue weighted by Crippen LogP contribution is 2.56. The Labute approximate surface area is 689 Å². The Kier molecular flexibility index (Phi) is 16.2. The molecule has 25 rings (SSSR count). The van der Waals surface area contributed by atoms with Gasteiger partial charge in [-0.1, -0.05) is 281 Å². The molecule has 0 atom stereocenters. The van der Waals surface area contributed by atoms with Gasteiger partial charge in [0.1, 0.15) is 45.0 Å². The average molecular weight is 1540 g/mol. The molecule has 119 heavy (non-hydrogen) atoms. The molecule has 5 aromatic heterocycles. The van der Waals surface area contributed by atoms with Gasteiger partial charge in [-0.15, -0.1) is 11.3 Å². The molecule has 0 aliphatic heterocycles. The van der Waals surface area contributed by atoms with Crippen LogP contribution in [-0.2, 0) is 5.41 Å². The number of fused-ring (bicyclic) bond motifs is 26. The molecule has 1 aliphatic rings. The average Bonchev–Trinajstić information content (AvgIpc) is 1.67. The van der Waals surface area contributed by atoms with Gasteiger partial charge in [-0.3, -0.25) is 4.98 Å². The minimum absolute atomic E-state index is 0.0791. The second-order valence-electron chi connectivity index (χ2n) is 31.6. The van der Waals surface area contributed by atoms with Crippen LogP contribution in [0.15, 0.2) is 383 Å². The summed E-state index contributed by atoms with van der Waals surface area (Å²) in [5.41, 5.74) is 25.4. The van der Waals surface area contributed by atoms with E-state index in [-0.39, 0.29) is 5.41 Å². The number of furan rings is 3. The molecule has 5 heterocycles. The van der Waals surface area contributed by atoms with E-state index in [2.05, 4.69) is 328 Å². The number of pyridine rings is 1. The fourth-order valence-corrected chi connectivity index (χ4v) is 20.5. The summed E-state index contributed by atoms with van der Waals surface area (Å²) >= 11 is 1.82. The topological polar surface area (TPSA) is 70.8 Å². The van der Waals surface area contributed by atoms with Gasteiger partial charge in [0.05, 0.1) is 14.2 Å². The van der Waals surface area contributed by atoms with Crippen molar-refractivity contribution in [2.45, 2.75) is 19.3 Å². The lowest BCUT2D eigenvalue weighted by Crippen LogP contribution is -2.14. The van der Waals surface area contributed by atoms with Crippen LogP contribution < -0.4 is 9.47 Å². The van der Waals surface area contributed by atoms with Crippen LogP contribution in [0, 0.1) is 0 Å². The van der Waals surface area contributed by atoms with E-state index in [0.29, 0.717) is 0 Å². The Hall–Kier alpha value is -14.9. The molecule has 0 saturated heterocycles. The summed E-state index contributed by atoms with van der Waals surface area (Å²) in [6.07, 6.45) is 3.76. The highest BCUT2D eigenvalue weighted by molar-refractivity contribution is 7.17. The van der Waals surface area contributed by atoms with Crippen molar-refractivity contribution < 1.29 is 22.7 Å². The first-order valence-electron chi connectivity index (χ1n) is 40.5. The van der Waals surface area contributed by atoms with Crippen molar-refractivity contribution in [3.8, 4) is 89.4 Å². The summed E-state index contributed by atoms with van der Waals surface area (Å²) in [5, 5.41) is 27.2. The lowest BCUT2D eigenvalue weighted by molar-refractivity contribution is 0.415. The summed E-state index contributed by atoms with van der Waals surface area (Å²) in [7, 11) is 3.40. The molecule has 562 valence electrons. The summed E-state index contributed by atoms with van der Waals surface area (Å²) in [6.45, 7) is 4.73. The van der Waals surface area contributed by atoms with Crippen LogP contribution in [0.2, 0.25) is 0 Å². The van der Waals surface area contributed by atoms with Crippen molar-refractivity contribution in [2.75, 3.05) is 14.2 Å². The number of para-hydroxylation sites is 3. The molecule has 0 unspecified atom stereocenters. The Morgan fingerprint density at radius 3 is 1.17 bits per heavy atom. The van der Waals surface area contributed by atoms with E-state index in [9.17, 15) is 0 Å². The van der Waals surface area contributed by atoms with Gasteiger partial charge in [0.25, 0.3) is 0 Å². The lowest BCUT2D eigenvalue weighted by atomic mass is 9.80. The summed E-state index contributed by atoms with van der Waals surface area (Å²) < 4.78 is 32.1. The van der Waals surface area contributed by atoms with E-state index in [1.807, 2.05) is 72.3 Å². The van der Waals surface area contributed by atoms with Gasteiger partial charge in [0.2, 0.25) is 0 Å². The maximum atomic E-state index is 6.71. The highest BCUT2D eigenvalue weighted by atomic mass is 32.1. The fraction of sp³-hybridized carbons (Fsp3) is 0.0446. The number of benzene rings is 19. The molecule has 1 aliphatic carbocycles. The standard InChI is InChI=1S/C43H28OS.C37H24O2.C32H21NO2/c1-43(2)35-16-8-5-11-26(35)27-20-19-25(23-36(27)43)39-30-14-3-4-15-31(30)41-33(40(39)34-24-45-38-18-10-7-13-29(34)38)22-21-32-28-12-6-9-17-37(28)44-42(32)41;1-38-27-18-16-24(17-19-27)34-32-21-20-31-28-10-6-7-13-33(28)39-37(31)36(32)30-12-5-4-11-29(30)35(34)26-15-14-23-8-2-3-9-25(23)22-26;1-34-22-14-12-20(13-15-22)29-27-17-16-26-23-8-4-5-11-28(23)35-32(26)31(27)25-10-3-2-9-24(25)30(29)21-7-6-18-33-19-21/h3-24H,1-2H3;2-22H,1H3;2-19H,1H3. The molecule has 24 aromatic rings. The van der Waals surface area contributed by atoms with E-state index in [1.54, 1.807) is 14.2 Å². The van der Waals surface area contributed by atoms with Crippen LogP contribution in [-0.4, -0.2) is 19.2 Å². The van der Waals surface area contributed by atoms with Gasteiger partial charge < -0.3 is 22.7 Å². The minimum atomic E-state index is -0.0791. The van der Waals surface area contributed by atoms with E-state index >= 15 is 0 Å². The number of thiophene rings is 1. The molecular weight excluding hydrogens is 1470 g/mol. The predicted molar refractivity (Wildman–Crippen MR) is 500 cm³/mol. The maximum absolute atomic E-state index is 6.71. The first-order chi connectivity index (χ1) is 58.7. The molecule has 0 bridgehead atoms. The number of hydrogen-bond acceptors (Lipinski definition) is 7. The van der Waals surface area contributed by atoms with E-state index in [0.717, 1.165) is 116 Å². The smallest absolute Gasteiger partial charge is 0.143 e. The number of ether oxygens (including phenoxy) is 2. The van der Waals surface area contributed by atoms with Gasteiger partial charge in [0, 0.05) is 87.5 Å². The normalized spacial score (nSPS) is 12.4. The second-order valence-corrected chi connectivity index (χ2v) is 32.5. The number of hydrogen-bond donors (Lipinski definition) is 0. The zero-order valence-electron chi connectivity index (χ0n) is 65.6. The van der Waals surface area contributed by atoms with E-state index in [4.69, 9.17) is 22.7 Å². The first kappa shape index (κ1) is 69.6. The van der Waals surface area contributed by atoms with Gasteiger partial charge in [-0.25, -0.2) is 0 Å². The molecule has 0 N–H and O–H groups in total. The van der Waals surface area contributed by atoms with Gasteiger partial charge in [-0.2, -0.15) is 0 Å². The maximum Gasteiger partial charge on any atom is 0.143 e. The molecule has 7 heteroatoms. The van der Waals surface area contributed by atoms with Crippen molar-refractivity contribution >= 4 is 163 Å². The van der Waals surface area contributed by atoms with Gasteiger partial charge in [0.15, 0.2) is 0 Å². The summed E-state index contributed by atoms with van der Waals surface area (Å²) in [4.78, 5) is 4.45. The minimum Gasteiger partial charge on any atom is -0.497 e. The third-order valence-electron chi connectivity index (χ3n) is 25.0. The van der Waals surface area contributed by atoms with Gasteiger partial charge in [-0.05, 0) is 227 Å². The zero-order chi connectivity index (χ0) is 79.1. The predicted octanol–water partition coefficient (Wildman–Crippen LogP) is 31.8. The molecule has 0 fully saturated rings. The molecule has 19 aromatic carbocycles. The summed E-state index contributed by atoms with van der Waals surface area (Å²) in [5.74, 6) is 1.68. The molecular formula is C112H73NO5S. The van der Waals surface area contributed by atoms with Crippen LogP contribution in [0.1, 0.15) is 25.0 Å². The van der Waals surface area contributed by atoms with E-state index < -0.39 is 0 Å². The number of nitrogens with zero attached hydrogens (tertiary/aromatic N) is 1. The monoisotopic (exact) mass is 1540 g/mol. The number of rotatable bonds is 8. The van der Waals surface area contributed by atoms with Crippen LogP contribution >= 0.6 is 11.3 Å². The van der Waals surface area contributed by atoms with Crippen LogP contribution in [0.5, 0.6) is 11.5 Å². The van der Waals surface area contributed by atoms with Crippen molar-refractivity contribution in [1.82, 2.24) is 4.98 Å². The Morgan fingerprint density at radius 2 is 0.655 bits per heavy atom. The zero-order valence-corrected chi connectivity index (χ0v) is 66.4. The Bertz CT molecular complexity index is 8290. The van der Waals surface area contributed by atoms with Crippen molar-refractivity contribution in [3.05, 3.63) is 381 Å². The van der Waals surface area contributed by atoms with E-state index in [1.165, 1.54) is 136 Å². The van der Waals surface area contributed by atoms with Crippen LogP contribution in [0.25, 0.3) is 229 Å². The van der Waals surface area contributed by atoms with Crippen molar-refractivity contribution in [2.24, 2.45) is 0 Å². The van der Waals surface area contributed by atoms with Crippen molar-refractivity contribution in [3.63, 3.8) is 0 Å². The summed E-state index contributed by atoms with van der Waals surface area (Å²) in [6, 6.07) is 126. The first-order valence-corrected chi connectivity index (χ1v) is 41.4. The molecule has 0 saturated carbocycles. The number of aromatic nitrogens is 1. The largest absolute Gasteiger partial charge is 0.497 e.